The molecule has 0 aliphatic rings. The molecule has 4 nitrogen and oxygen atoms in total. The summed E-state index contributed by atoms with van der Waals surface area (Å²) in [6, 6.07) is 13.7. The molecular formula is C20H29Cl3N2O2. The van der Waals surface area contributed by atoms with Crippen molar-refractivity contribution in [3.8, 4) is 11.5 Å². The van der Waals surface area contributed by atoms with E-state index in [9.17, 15) is 0 Å². The maximum Gasteiger partial charge on any atom is 0.161 e. The van der Waals surface area contributed by atoms with Gasteiger partial charge in [-0.3, -0.25) is 0 Å². The van der Waals surface area contributed by atoms with E-state index in [1.807, 2.05) is 36.4 Å². The van der Waals surface area contributed by atoms with Crippen LogP contribution in [-0.4, -0.2) is 39.2 Å². The predicted octanol–water partition coefficient (Wildman–Crippen LogP) is 4.81. The first-order chi connectivity index (χ1) is 12.1. The standard InChI is InChI=1S/C20H27ClN2O2.2ClH/c1-23(2)12-4-11-22-14-17-7-10-19(20(13-17)24-3)25-15-16-5-8-18(21)9-6-16;;/h5-10,13,22H,4,11-12,14-15H2,1-3H3;2*1H. The lowest BCUT2D eigenvalue weighted by Gasteiger charge is -2.13. The highest BCUT2D eigenvalue weighted by atomic mass is 35.5. The highest BCUT2D eigenvalue weighted by Gasteiger charge is 2.06. The van der Waals surface area contributed by atoms with Crippen molar-refractivity contribution < 1.29 is 9.47 Å². The third-order valence-corrected chi connectivity index (χ3v) is 4.08. The Morgan fingerprint density at radius 1 is 0.963 bits per heavy atom. The van der Waals surface area contributed by atoms with Crippen molar-refractivity contribution in [3.63, 3.8) is 0 Å². The van der Waals surface area contributed by atoms with Crippen molar-refractivity contribution in [2.75, 3.05) is 34.3 Å². The van der Waals surface area contributed by atoms with Gasteiger partial charge < -0.3 is 19.7 Å². The monoisotopic (exact) mass is 434 g/mol. The largest absolute Gasteiger partial charge is 0.493 e. The molecule has 0 bridgehead atoms. The summed E-state index contributed by atoms with van der Waals surface area (Å²) in [4.78, 5) is 2.19. The van der Waals surface area contributed by atoms with E-state index in [2.05, 4.69) is 30.4 Å². The quantitative estimate of drug-likeness (QED) is 0.543. The number of nitrogens with one attached hydrogen (secondary N) is 1. The number of methoxy groups -OCH3 is 1. The van der Waals surface area contributed by atoms with Gasteiger partial charge in [-0.15, -0.1) is 24.8 Å². The SMILES string of the molecule is COc1cc(CNCCCN(C)C)ccc1OCc1ccc(Cl)cc1.Cl.Cl. The van der Waals surface area contributed by atoms with Gasteiger partial charge in [0.05, 0.1) is 7.11 Å². The van der Waals surface area contributed by atoms with E-state index >= 15 is 0 Å². The molecule has 0 heterocycles. The van der Waals surface area contributed by atoms with Gasteiger partial charge in [0.25, 0.3) is 0 Å². The van der Waals surface area contributed by atoms with Crippen molar-refractivity contribution in [1.29, 1.82) is 0 Å². The number of hydrogen-bond acceptors (Lipinski definition) is 4. The van der Waals surface area contributed by atoms with Gasteiger partial charge in [-0.25, -0.2) is 0 Å². The first-order valence-electron chi connectivity index (χ1n) is 8.48. The smallest absolute Gasteiger partial charge is 0.161 e. The van der Waals surface area contributed by atoms with Crippen molar-refractivity contribution >= 4 is 36.4 Å². The molecule has 0 saturated heterocycles. The van der Waals surface area contributed by atoms with Crippen LogP contribution in [0.5, 0.6) is 11.5 Å². The van der Waals surface area contributed by atoms with E-state index < -0.39 is 0 Å². The van der Waals surface area contributed by atoms with Crippen molar-refractivity contribution in [2.45, 2.75) is 19.6 Å². The van der Waals surface area contributed by atoms with Gasteiger partial charge in [-0.05, 0) is 69.0 Å². The number of nitrogens with zero attached hydrogens (tertiary/aromatic N) is 1. The van der Waals surface area contributed by atoms with Gasteiger partial charge >= 0.3 is 0 Å². The topological polar surface area (TPSA) is 33.7 Å². The minimum atomic E-state index is 0. The molecule has 2 aromatic rings. The van der Waals surface area contributed by atoms with E-state index in [0.717, 1.165) is 48.1 Å². The summed E-state index contributed by atoms with van der Waals surface area (Å²) in [5, 5.41) is 4.18. The lowest BCUT2D eigenvalue weighted by atomic mass is 10.2. The maximum absolute atomic E-state index is 5.90. The molecule has 0 fully saturated rings. The second kappa shape index (κ2) is 13.9. The fourth-order valence-corrected chi connectivity index (χ4v) is 2.56. The average molecular weight is 436 g/mol. The van der Waals surface area contributed by atoms with Crippen LogP contribution in [0, 0.1) is 0 Å². The second-order valence-corrected chi connectivity index (χ2v) is 6.67. The first kappa shape index (κ1) is 25.8. The maximum atomic E-state index is 5.90. The molecule has 152 valence electrons. The summed E-state index contributed by atoms with van der Waals surface area (Å²) in [6.07, 6.45) is 1.13. The van der Waals surface area contributed by atoms with E-state index in [4.69, 9.17) is 21.1 Å². The Hall–Kier alpha value is -1.17. The highest BCUT2D eigenvalue weighted by molar-refractivity contribution is 6.30. The van der Waals surface area contributed by atoms with E-state index in [0.29, 0.717) is 6.61 Å². The molecule has 27 heavy (non-hydrogen) atoms. The number of hydrogen-bond donors (Lipinski definition) is 1. The summed E-state index contributed by atoms with van der Waals surface area (Å²) >= 11 is 5.90. The molecule has 2 aromatic carbocycles. The van der Waals surface area contributed by atoms with Gasteiger partial charge in [-0.1, -0.05) is 29.8 Å². The average Bonchev–Trinajstić information content (AvgIpc) is 2.61. The normalized spacial score (nSPS) is 10.1. The Morgan fingerprint density at radius 2 is 1.63 bits per heavy atom. The van der Waals surface area contributed by atoms with Gasteiger partial charge in [0.1, 0.15) is 6.61 Å². The van der Waals surface area contributed by atoms with Gasteiger partial charge in [0, 0.05) is 11.6 Å². The van der Waals surface area contributed by atoms with E-state index in [1.54, 1.807) is 7.11 Å². The fraction of sp³-hybridized carbons (Fsp3) is 0.400. The second-order valence-electron chi connectivity index (χ2n) is 6.23. The highest BCUT2D eigenvalue weighted by Crippen LogP contribution is 2.29. The third kappa shape index (κ3) is 9.54. The van der Waals surface area contributed by atoms with Gasteiger partial charge in [-0.2, -0.15) is 0 Å². The van der Waals surface area contributed by atoms with Gasteiger partial charge in [0.2, 0.25) is 0 Å². The van der Waals surface area contributed by atoms with Crippen molar-refractivity contribution in [1.82, 2.24) is 10.2 Å². The van der Waals surface area contributed by atoms with Crippen LogP contribution < -0.4 is 14.8 Å². The number of ether oxygens (including phenoxy) is 2. The summed E-state index contributed by atoms with van der Waals surface area (Å²) in [5.41, 5.74) is 2.25. The Kier molecular flexibility index (Phi) is 13.3. The zero-order valence-electron chi connectivity index (χ0n) is 16.0. The van der Waals surface area contributed by atoms with Crippen LogP contribution in [0.4, 0.5) is 0 Å². The molecule has 2 rings (SSSR count). The Labute approximate surface area is 180 Å². The number of benzene rings is 2. The molecular weight excluding hydrogens is 407 g/mol. The summed E-state index contributed by atoms with van der Waals surface area (Å²) < 4.78 is 11.4. The van der Waals surface area contributed by atoms with Crippen LogP contribution >= 0.6 is 36.4 Å². The molecule has 0 aliphatic carbocycles. The summed E-state index contributed by atoms with van der Waals surface area (Å²) in [7, 11) is 5.85. The number of rotatable bonds is 10. The molecule has 0 aliphatic heterocycles. The summed E-state index contributed by atoms with van der Waals surface area (Å²) in [6.45, 7) is 3.39. The summed E-state index contributed by atoms with van der Waals surface area (Å²) in [5.74, 6) is 1.50. The molecule has 0 spiro atoms. The van der Waals surface area contributed by atoms with Crippen LogP contribution in [0.3, 0.4) is 0 Å². The lowest BCUT2D eigenvalue weighted by Crippen LogP contribution is -2.21. The van der Waals surface area contributed by atoms with Crippen molar-refractivity contribution in [3.05, 3.63) is 58.6 Å². The predicted molar refractivity (Wildman–Crippen MR) is 118 cm³/mol. The zero-order valence-corrected chi connectivity index (χ0v) is 18.4. The van der Waals surface area contributed by atoms with E-state index in [1.165, 1.54) is 5.56 Å². The Bertz CT molecular complexity index is 652. The van der Waals surface area contributed by atoms with Crippen LogP contribution in [0.25, 0.3) is 0 Å². The van der Waals surface area contributed by atoms with Crippen LogP contribution in [0.15, 0.2) is 42.5 Å². The Morgan fingerprint density at radius 3 is 2.26 bits per heavy atom. The molecule has 0 aromatic heterocycles. The number of halogens is 3. The molecule has 7 heteroatoms. The minimum Gasteiger partial charge on any atom is -0.493 e. The third-order valence-electron chi connectivity index (χ3n) is 3.82. The molecule has 0 unspecified atom stereocenters. The van der Waals surface area contributed by atoms with Crippen LogP contribution in [-0.2, 0) is 13.2 Å². The first-order valence-corrected chi connectivity index (χ1v) is 8.86. The molecule has 0 amide bonds. The van der Waals surface area contributed by atoms with E-state index in [-0.39, 0.29) is 24.8 Å². The minimum absolute atomic E-state index is 0. The lowest BCUT2D eigenvalue weighted by molar-refractivity contribution is 0.284. The van der Waals surface area contributed by atoms with Crippen molar-refractivity contribution in [2.24, 2.45) is 0 Å². The van der Waals surface area contributed by atoms with Gasteiger partial charge in [0.15, 0.2) is 11.5 Å². The zero-order chi connectivity index (χ0) is 18.1. The molecule has 1 N–H and O–H groups in total. The molecule has 0 atom stereocenters. The fourth-order valence-electron chi connectivity index (χ4n) is 2.44. The van der Waals surface area contributed by atoms with Crippen LogP contribution in [0.2, 0.25) is 5.02 Å². The Balaban J connectivity index is 0.00000338. The van der Waals surface area contributed by atoms with Crippen LogP contribution in [0.1, 0.15) is 17.5 Å². The molecule has 0 radical (unpaired) electrons. The molecule has 0 saturated carbocycles.